The molecule has 1 aliphatic heterocycles. The Bertz CT molecular complexity index is 313. The number of rotatable bonds is 5. The topological polar surface area (TPSA) is 19.6 Å². The first-order valence-corrected chi connectivity index (χ1v) is 6.24. The van der Waals surface area contributed by atoms with Crippen LogP contribution in [0.25, 0.3) is 0 Å². The third kappa shape index (κ3) is 3.01. The second-order valence-electron chi connectivity index (χ2n) is 4.84. The zero-order chi connectivity index (χ0) is 11.4. The van der Waals surface area contributed by atoms with Crippen LogP contribution in [0.4, 0.5) is 5.88 Å². The van der Waals surface area contributed by atoms with Gasteiger partial charge < -0.3 is 14.2 Å². The maximum absolute atomic E-state index is 5.86. The summed E-state index contributed by atoms with van der Waals surface area (Å²) in [6, 6.07) is 4.25. The minimum Gasteiger partial charge on any atom is -0.446 e. The first kappa shape index (κ1) is 11.5. The number of hydrogen-bond acceptors (Lipinski definition) is 3. The molecule has 1 saturated heterocycles. The molecule has 16 heavy (non-hydrogen) atoms. The van der Waals surface area contributed by atoms with Crippen molar-refractivity contribution in [1.29, 1.82) is 0 Å². The van der Waals surface area contributed by atoms with E-state index in [1.807, 2.05) is 0 Å². The quantitative estimate of drug-likeness (QED) is 0.762. The first-order valence-electron chi connectivity index (χ1n) is 6.24. The fourth-order valence-electron chi connectivity index (χ4n) is 2.18. The summed E-state index contributed by atoms with van der Waals surface area (Å²) >= 11 is 0. The summed E-state index contributed by atoms with van der Waals surface area (Å²) in [6.07, 6.45) is 4.82. The van der Waals surface area contributed by atoms with Crippen LogP contribution in [0, 0.1) is 0 Å². The fourth-order valence-corrected chi connectivity index (χ4v) is 2.18. The molecule has 2 rings (SSSR count). The molecule has 1 aromatic heterocycles. The van der Waals surface area contributed by atoms with Crippen molar-refractivity contribution in [2.45, 2.75) is 25.7 Å². The van der Waals surface area contributed by atoms with Gasteiger partial charge in [0.25, 0.3) is 0 Å². The number of nitrogens with zero attached hydrogens (tertiary/aromatic N) is 2. The SMILES string of the molecule is CN(C)CCCc1ccc(N2CCCC2)o1. The van der Waals surface area contributed by atoms with Crippen molar-refractivity contribution in [3.05, 3.63) is 17.9 Å². The zero-order valence-corrected chi connectivity index (χ0v) is 10.4. The molecule has 0 aromatic carbocycles. The normalized spacial score (nSPS) is 16.3. The monoisotopic (exact) mass is 222 g/mol. The van der Waals surface area contributed by atoms with Crippen LogP contribution in [0.15, 0.2) is 16.5 Å². The molecule has 1 fully saturated rings. The molecule has 3 heteroatoms. The van der Waals surface area contributed by atoms with Gasteiger partial charge in [-0.25, -0.2) is 0 Å². The molecule has 2 heterocycles. The van der Waals surface area contributed by atoms with Gasteiger partial charge in [0.2, 0.25) is 0 Å². The van der Waals surface area contributed by atoms with E-state index in [1.165, 1.54) is 19.3 Å². The largest absolute Gasteiger partial charge is 0.446 e. The standard InChI is InChI=1S/C13H22N2O/c1-14(2)9-5-6-12-7-8-13(16-12)15-10-3-4-11-15/h7-8H,3-6,9-11H2,1-2H3. The Balaban J connectivity index is 1.82. The van der Waals surface area contributed by atoms with Crippen molar-refractivity contribution < 1.29 is 4.42 Å². The van der Waals surface area contributed by atoms with Gasteiger partial charge in [-0.3, -0.25) is 0 Å². The molecule has 0 unspecified atom stereocenters. The fraction of sp³-hybridized carbons (Fsp3) is 0.692. The summed E-state index contributed by atoms with van der Waals surface area (Å²) in [5, 5.41) is 0. The summed E-state index contributed by atoms with van der Waals surface area (Å²) in [5.74, 6) is 2.20. The summed E-state index contributed by atoms with van der Waals surface area (Å²) in [5.41, 5.74) is 0. The molecule has 0 aliphatic carbocycles. The third-order valence-corrected chi connectivity index (χ3v) is 3.09. The van der Waals surface area contributed by atoms with Crippen LogP contribution in [-0.2, 0) is 6.42 Å². The van der Waals surface area contributed by atoms with Crippen LogP contribution >= 0.6 is 0 Å². The van der Waals surface area contributed by atoms with Crippen molar-refractivity contribution in [3.63, 3.8) is 0 Å². The highest BCUT2D eigenvalue weighted by Crippen LogP contribution is 2.23. The Morgan fingerprint density at radius 2 is 2.00 bits per heavy atom. The van der Waals surface area contributed by atoms with Gasteiger partial charge in [-0.15, -0.1) is 0 Å². The van der Waals surface area contributed by atoms with Crippen molar-refractivity contribution in [2.75, 3.05) is 38.6 Å². The van der Waals surface area contributed by atoms with Gasteiger partial charge in [0.15, 0.2) is 5.88 Å². The minimum atomic E-state index is 1.05. The van der Waals surface area contributed by atoms with E-state index >= 15 is 0 Å². The predicted octanol–water partition coefficient (Wildman–Crippen LogP) is 2.37. The van der Waals surface area contributed by atoms with Gasteiger partial charge in [-0.2, -0.15) is 0 Å². The highest BCUT2D eigenvalue weighted by Gasteiger charge is 2.15. The highest BCUT2D eigenvalue weighted by molar-refractivity contribution is 5.37. The van der Waals surface area contributed by atoms with Gasteiger partial charge in [0, 0.05) is 25.6 Å². The van der Waals surface area contributed by atoms with E-state index in [0.717, 1.165) is 37.7 Å². The lowest BCUT2D eigenvalue weighted by molar-refractivity contribution is 0.390. The maximum atomic E-state index is 5.86. The highest BCUT2D eigenvalue weighted by atomic mass is 16.4. The summed E-state index contributed by atoms with van der Waals surface area (Å²) in [7, 11) is 4.22. The molecule has 0 saturated carbocycles. The molecule has 90 valence electrons. The molecule has 0 radical (unpaired) electrons. The average molecular weight is 222 g/mol. The molecular formula is C13H22N2O. The van der Waals surface area contributed by atoms with Crippen molar-refractivity contribution in [1.82, 2.24) is 4.90 Å². The van der Waals surface area contributed by atoms with Crippen molar-refractivity contribution in [3.8, 4) is 0 Å². The van der Waals surface area contributed by atoms with Gasteiger partial charge in [-0.05, 0) is 46.0 Å². The second-order valence-corrected chi connectivity index (χ2v) is 4.84. The number of aryl methyl sites for hydroxylation is 1. The molecule has 0 N–H and O–H groups in total. The first-order chi connectivity index (χ1) is 7.75. The predicted molar refractivity (Wildman–Crippen MR) is 67.0 cm³/mol. The van der Waals surface area contributed by atoms with Crippen LogP contribution in [0.5, 0.6) is 0 Å². The van der Waals surface area contributed by atoms with E-state index in [1.54, 1.807) is 0 Å². The van der Waals surface area contributed by atoms with Gasteiger partial charge in [0.1, 0.15) is 5.76 Å². The summed E-state index contributed by atoms with van der Waals surface area (Å²) in [6.45, 7) is 3.44. The number of hydrogen-bond donors (Lipinski definition) is 0. The number of furan rings is 1. The number of anilines is 1. The lowest BCUT2D eigenvalue weighted by Crippen LogP contribution is -2.16. The lowest BCUT2D eigenvalue weighted by Gasteiger charge is -2.13. The Morgan fingerprint density at radius 1 is 1.25 bits per heavy atom. The molecule has 1 aliphatic rings. The van der Waals surface area contributed by atoms with E-state index in [4.69, 9.17) is 4.42 Å². The van der Waals surface area contributed by atoms with Gasteiger partial charge in [0.05, 0.1) is 0 Å². The van der Waals surface area contributed by atoms with Crippen LogP contribution in [0.3, 0.4) is 0 Å². The van der Waals surface area contributed by atoms with Gasteiger partial charge in [-0.1, -0.05) is 0 Å². The van der Waals surface area contributed by atoms with Crippen LogP contribution < -0.4 is 4.90 Å². The molecule has 3 nitrogen and oxygen atoms in total. The third-order valence-electron chi connectivity index (χ3n) is 3.09. The lowest BCUT2D eigenvalue weighted by atomic mass is 10.2. The Kier molecular flexibility index (Phi) is 3.88. The minimum absolute atomic E-state index is 1.05. The molecule has 0 atom stereocenters. The molecule has 0 amide bonds. The van der Waals surface area contributed by atoms with E-state index in [9.17, 15) is 0 Å². The summed E-state index contributed by atoms with van der Waals surface area (Å²) < 4.78 is 5.86. The van der Waals surface area contributed by atoms with E-state index in [2.05, 4.69) is 36.0 Å². The average Bonchev–Trinajstić information content (AvgIpc) is 2.85. The second kappa shape index (κ2) is 5.39. The van der Waals surface area contributed by atoms with Crippen LogP contribution in [0.2, 0.25) is 0 Å². The zero-order valence-electron chi connectivity index (χ0n) is 10.4. The van der Waals surface area contributed by atoms with E-state index < -0.39 is 0 Å². The van der Waals surface area contributed by atoms with Crippen molar-refractivity contribution in [2.24, 2.45) is 0 Å². The Labute approximate surface area is 98.0 Å². The molecular weight excluding hydrogens is 200 g/mol. The van der Waals surface area contributed by atoms with E-state index in [0.29, 0.717) is 0 Å². The molecule has 0 bridgehead atoms. The molecule has 0 spiro atoms. The van der Waals surface area contributed by atoms with Crippen LogP contribution in [-0.4, -0.2) is 38.6 Å². The van der Waals surface area contributed by atoms with Gasteiger partial charge >= 0.3 is 0 Å². The summed E-state index contributed by atoms with van der Waals surface area (Å²) in [4.78, 5) is 4.56. The van der Waals surface area contributed by atoms with E-state index in [-0.39, 0.29) is 0 Å². The Morgan fingerprint density at radius 3 is 2.69 bits per heavy atom. The Hall–Kier alpha value is -0.960. The van der Waals surface area contributed by atoms with Crippen molar-refractivity contribution >= 4 is 5.88 Å². The maximum Gasteiger partial charge on any atom is 0.195 e. The van der Waals surface area contributed by atoms with Crippen LogP contribution in [0.1, 0.15) is 25.0 Å². The smallest absolute Gasteiger partial charge is 0.195 e. The molecule has 1 aromatic rings.